The van der Waals surface area contributed by atoms with Crippen molar-refractivity contribution in [1.82, 2.24) is 9.88 Å². The Kier molecular flexibility index (Phi) is 5.60. The maximum Gasteiger partial charge on any atom is 0.267 e. The van der Waals surface area contributed by atoms with E-state index in [-0.39, 0.29) is 11.9 Å². The number of rotatable bonds is 3. The summed E-state index contributed by atoms with van der Waals surface area (Å²) in [6, 6.07) is 11.5. The Morgan fingerprint density at radius 3 is 2.63 bits per heavy atom. The Morgan fingerprint density at radius 2 is 1.93 bits per heavy atom. The molecule has 2 aliphatic rings. The molecular formula is C21H20ClN3OS. The van der Waals surface area contributed by atoms with E-state index in [1.165, 1.54) is 18.2 Å². The summed E-state index contributed by atoms with van der Waals surface area (Å²) in [5.41, 5.74) is 1.72. The van der Waals surface area contributed by atoms with Crippen molar-refractivity contribution in [2.75, 3.05) is 0 Å². The van der Waals surface area contributed by atoms with E-state index in [1.54, 1.807) is 12.4 Å². The van der Waals surface area contributed by atoms with Crippen molar-refractivity contribution in [3.8, 4) is 0 Å². The number of halogens is 1. The summed E-state index contributed by atoms with van der Waals surface area (Å²) >= 11 is 7.41. The van der Waals surface area contributed by atoms with Crippen molar-refractivity contribution >= 4 is 46.2 Å². The van der Waals surface area contributed by atoms with E-state index in [0.29, 0.717) is 9.93 Å². The molecule has 0 N–H and O–H groups in total. The Bertz CT molecular complexity index is 874. The maximum absolute atomic E-state index is 13.2. The predicted molar refractivity (Wildman–Crippen MR) is 112 cm³/mol. The third kappa shape index (κ3) is 4.25. The number of amides is 1. The molecule has 0 radical (unpaired) electrons. The number of thioether (sulfide) groups is 1. The minimum Gasteiger partial charge on any atom is -0.283 e. The monoisotopic (exact) mass is 397 g/mol. The highest BCUT2D eigenvalue weighted by Gasteiger charge is 2.38. The first-order chi connectivity index (χ1) is 13.2. The molecule has 1 aliphatic carbocycles. The highest BCUT2D eigenvalue weighted by molar-refractivity contribution is 8.18. The van der Waals surface area contributed by atoms with Gasteiger partial charge < -0.3 is 0 Å². The summed E-state index contributed by atoms with van der Waals surface area (Å²) in [4.78, 5) is 24.7. The average molecular weight is 398 g/mol. The van der Waals surface area contributed by atoms with Crippen molar-refractivity contribution < 1.29 is 4.79 Å². The number of hydrogen-bond donors (Lipinski definition) is 0. The fraction of sp³-hybridized carbons (Fsp3) is 0.286. The van der Waals surface area contributed by atoms with Crippen LogP contribution in [0.15, 0.2) is 58.7 Å². The van der Waals surface area contributed by atoms with Crippen LogP contribution in [0.5, 0.6) is 0 Å². The molecule has 6 heteroatoms. The van der Waals surface area contributed by atoms with Crippen LogP contribution in [0.2, 0.25) is 5.02 Å². The zero-order valence-corrected chi connectivity index (χ0v) is 16.4. The van der Waals surface area contributed by atoms with Gasteiger partial charge in [-0.3, -0.25) is 14.7 Å². The van der Waals surface area contributed by atoms with E-state index >= 15 is 0 Å². The average Bonchev–Trinajstić information content (AvgIpc) is 3.00. The zero-order valence-electron chi connectivity index (χ0n) is 14.8. The molecule has 1 amide bonds. The lowest BCUT2D eigenvalue weighted by Crippen LogP contribution is -2.40. The summed E-state index contributed by atoms with van der Waals surface area (Å²) in [5, 5.41) is 1.44. The second-order valence-corrected chi connectivity index (χ2v) is 8.18. The molecule has 0 spiro atoms. The van der Waals surface area contributed by atoms with E-state index in [4.69, 9.17) is 16.6 Å². The van der Waals surface area contributed by atoms with Gasteiger partial charge in [0.25, 0.3) is 5.91 Å². The van der Waals surface area contributed by atoms with Crippen molar-refractivity contribution in [2.45, 2.75) is 38.1 Å². The van der Waals surface area contributed by atoms with E-state index in [2.05, 4.69) is 4.98 Å². The molecule has 2 heterocycles. The van der Waals surface area contributed by atoms with Gasteiger partial charge in [0.15, 0.2) is 5.17 Å². The third-order valence-corrected chi connectivity index (χ3v) is 6.05. The number of aliphatic imine (C=N–C) groups is 1. The largest absolute Gasteiger partial charge is 0.283 e. The molecule has 1 aromatic heterocycles. The van der Waals surface area contributed by atoms with E-state index in [9.17, 15) is 4.79 Å². The molecule has 2 aromatic rings. The van der Waals surface area contributed by atoms with Crippen LogP contribution in [0.25, 0.3) is 6.08 Å². The standard InChI is InChI=1S/C21H20ClN3OS/c22-16-10-8-15(9-11-16)13-19-20(26)25(18-6-2-1-3-7-18)21(27-19)24-17-5-4-12-23-14-17/h4-5,8-14,18H,1-3,6-7H2/b19-13-,24-21?. The summed E-state index contributed by atoms with van der Waals surface area (Å²) < 4.78 is 0. The molecular weight excluding hydrogens is 378 g/mol. The van der Waals surface area contributed by atoms with Gasteiger partial charge in [0, 0.05) is 17.3 Å². The Labute approximate surface area is 168 Å². The first-order valence-corrected chi connectivity index (χ1v) is 10.4. The number of nitrogens with zero attached hydrogens (tertiary/aromatic N) is 3. The Hall–Kier alpha value is -2.11. The van der Waals surface area contributed by atoms with Gasteiger partial charge in [-0.15, -0.1) is 0 Å². The lowest BCUT2D eigenvalue weighted by Gasteiger charge is -2.30. The second-order valence-electron chi connectivity index (χ2n) is 6.73. The number of carbonyl (C=O) groups excluding carboxylic acids is 1. The van der Waals surface area contributed by atoms with Crippen molar-refractivity contribution in [3.63, 3.8) is 0 Å². The number of pyridine rings is 1. The predicted octanol–water partition coefficient (Wildman–Crippen LogP) is 5.67. The quantitative estimate of drug-likeness (QED) is 0.626. The van der Waals surface area contributed by atoms with Gasteiger partial charge in [-0.05, 0) is 60.5 Å². The van der Waals surface area contributed by atoms with Crippen LogP contribution in [0.3, 0.4) is 0 Å². The van der Waals surface area contributed by atoms with Gasteiger partial charge >= 0.3 is 0 Å². The van der Waals surface area contributed by atoms with Crippen LogP contribution < -0.4 is 0 Å². The van der Waals surface area contributed by atoms with E-state index < -0.39 is 0 Å². The summed E-state index contributed by atoms with van der Waals surface area (Å²) in [7, 11) is 0. The molecule has 4 rings (SSSR count). The number of aromatic nitrogens is 1. The SMILES string of the molecule is O=C1/C(=C/c2ccc(Cl)cc2)SC(=Nc2cccnc2)N1C1CCCCC1. The fourth-order valence-electron chi connectivity index (χ4n) is 3.47. The minimum atomic E-state index is 0.0458. The van der Waals surface area contributed by atoms with E-state index in [0.717, 1.165) is 42.1 Å². The van der Waals surface area contributed by atoms with Gasteiger partial charge in [-0.25, -0.2) is 4.99 Å². The highest BCUT2D eigenvalue weighted by atomic mass is 35.5. The molecule has 2 fully saturated rings. The van der Waals surface area contributed by atoms with Gasteiger partial charge in [0.2, 0.25) is 0 Å². The van der Waals surface area contributed by atoms with Crippen LogP contribution in [-0.2, 0) is 4.79 Å². The van der Waals surface area contributed by atoms with Gasteiger partial charge in [-0.1, -0.05) is 43.0 Å². The summed E-state index contributed by atoms with van der Waals surface area (Å²) in [5.74, 6) is 0.0458. The smallest absolute Gasteiger partial charge is 0.267 e. The zero-order chi connectivity index (χ0) is 18.6. The van der Waals surface area contributed by atoms with Crippen LogP contribution >= 0.6 is 23.4 Å². The number of carbonyl (C=O) groups is 1. The molecule has 1 aliphatic heterocycles. The molecule has 27 heavy (non-hydrogen) atoms. The normalized spacial score (nSPS) is 21.4. The first kappa shape index (κ1) is 18.3. The molecule has 4 nitrogen and oxygen atoms in total. The Balaban J connectivity index is 1.68. The molecule has 0 bridgehead atoms. The first-order valence-electron chi connectivity index (χ1n) is 9.18. The van der Waals surface area contributed by atoms with Crippen LogP contribution in [-0.4, -0.2) is 27.0 Å². The van der Waals surface area contributed by atoms with Crippen molar-refractivity contribution in [2.24, 2.45) is 4.99 Å². The minimum absolute atomic E-state index is 0.0458. The Morgan fingerprint density at radius 1 is 1.15 bits per heavy atom. The molecule has 0 atom stereocenters. The lowest BCUT2D eigenvalue weighted by atomic mass is 9.94. The molecule has 1 saturated heterocycles. The number of amidine groups is 1. The molecule has 0 unspecified atom stereocenters. The summed E-state index contributed by atoms with van der Waals surface area (Å²) in [6.45, 7) is 0. The van der Waals surface area contributed by atoms with E-state index in [1.807, 2.05) is 47.4 Å². The van der Waals surface area contributed by atoms with Crippen molar-refractivity contribution in [3.05, 3.63) is 64.3 Å². The number of benzene rings is 1. The summed E-state index contributed by atoms with van der Waals surface area (Å²) in [6.07, 6.45) is 11.0. The lowest BCUT2D eigenvalue weighted by molar-refractivity contribution is -0.124. The van der Waals surface area contributed by atoms with Crippen LogP contribution in [0.1, 0.15) is 37.7 Å². The topological polar surface area (TPSA) is 45.6 Å². The molecule has 138 valence electrons. The van der Waals surface area contributed by atoms with Gasteiger partial charge in [-0.2, -0.15) is 0 Å². The van der Waals surface area contributed by atoms with Crippen LogP contribution in [0.4, 0.5) is 5.69 Å². The van der Waals surface area contributed by atoms with Crippen molar-refractivity contribution in [1.29, 1.82) is 0 Å². The van der Waals surface area contributed by atoms with Gasteiger partial charge in [0.1, 0.15) is 0 Å². The third-order valence-electron chi connectivity index (χ3n) is 4.82. The highest BCUT2D eigenvalue weighted by Crippen LogP contribution is 2.38. The molecule has 1 saturated carbocycles. The van der Waals surface area contributed by atoms with Gasteiger partial charge in [0.05, 0.1) is 16.8 Å². The molecule has 1 aromatic carbocycles. The van der Waals surface area contributed by atoms with Crippen LogP contribution in [0, 0.1) is 0 Å². The number of hydrogen-bond acceptors (Lipinski definition) is 4. The maximum atomic E-state index is 13.2. The second kappa shape index (κ2) is 8.28. The fourth-order valence-corrected chi connectivity index (χ4v) is 4.65.